The fraction of sp³-hybridized carbons (Fsp3) is 0. The van der Waals surface area contributed by atoms with Crippen molar-refractivity contribution in [1.82, 2.24) is 0 Å². The van der Waals surface area contributed by atoms with Gasteiger partial charge in [-0.05, 0) is 130 Å². The Hall–Kier alpha value is -8.14. The molecule has 10 aromatic rings. The summed E-state index contributed by atoms with van der Waals surface area (Å²) in [5.74, 6) is 0. The van der Waals surface area contributed by atoms with Gasteiger partial charge in [-0.25, -0.2) is 0 Å². The van der Waals surface area contributed by atoms with Crippen LogP contribution in [0.2, 0.25) is 0 Å². The molecule has 326 valence electrons. The van der Waals surface area contributed by atoms with Crippen LogP contribution < -0.4 is 29.3 Å². The molecule has 0 saturated carbocycles. The van der Waals surface area contributed by atoms with Crippen molar-refractivity contribution in [2.45, 2.75) is 0 Å². The van der Waals surface area contributed by atoms with Gasteiger partial charge < -0.3 is 0 Å². The maximum atomic E-state index is 16.6. The molecule has 6 nitrogen and oxygen atoms in total. The second-order valence-corrected chi connectivity index (χ2v) is 21.7. The summed E-state index contributed by atoms with van der Waals surface area (Å²) in [6, 6.07) is 89.8. The lowest BCUT2D eigenvalue weighted by molar-refractivity contribution is 0.581. The van der Waals surface area contributed by atoms with E-state index >= 15 is 9.13 Å². The van der Waals surface area contributed by atoms with E-state index < -0.39 is 14.9 Å². The summed E-state index contributed by atoms with van der Waals surface area (Å²) >= 11 is 0. The maximum Gasteiger partial charge on any atom is 0.301 e. The largest absolute Gasteiger partial charge is 0.301 e. The summed E-state index contributed by atoms with van der Waals surface area (Å²) < 4.78 is 41.3. The SMILES string of the molecule is O=P1(c2ccc(-c3ccc(P4(=O)N(c5ccccc5)c5ccccc5N4c4cccc(-c5ccccc5)c4)cc3)cc2)N(c2ccccc2)c2ccccc2N1c1cccc(-c2ccccc2)c1. The molecule has 0 fully saturated rings. The van der Waals surface area contributed by atoms with Gasteiger partial charge in [0.15, 0.2) is 0 Å². The van der Waals surface area contributed by atoms with E-state index in [0.717, 1.165) is 78.9 Å². The van der Waals surface area contributed by atoms with Crippen LogP contribution in [0.1, 0.15) is 0 Å². The number of hydrogen-bond acceptors (Lipinski definition) is 2. The summed E-state index contributed by atoms with van der Waals surface area (Å²) in [4.78, 5) is 0. The molecule has 2 heterocycles. The van der Waals surface area contributed by atoms with Crippen LogP contribution in [-0.4, -0.2) is 0 Å². The van der Waals surface area contributed by atoms with Gasteiger partial charge in [-0.2, -0.15) is 0 Å². The lowest BCUT2D eigenvalue weighted by Crippen LogP contribution is -2.26. The summed E-state index contributed by atoms with van der Waals surface area (Å²) in [7, 11) is -7.26. The van der Waals surface area contributed by atoms with Crippen molar-refractivity contribution in [1.29, 1.82) is 0 Å². The molecular weight excluding hydrogens is 871 g/mol. The van der Waals surface area contributed by atoms with Crippen molar-refractivity contribution < 1.29 is 9.13 Å². The monoisotopic (exact) mass is 914 g/mol. The Labute approximate surface area is 397 Å². The first kappa shape index (κ1) is 41.3. The lowest BCUT2D eigenvalue weighted by atomic mass is 10.1. The Balaban J connectivity index is 0.950. The molecule has 12 rings (SSSR count). The smallest absolute Gasteiger partial charge is 0.270 e. The van der Waals surface area contributed by atoms with E-state index in [1.54, 1.807) is 0 Å². The predicted molar refractivity (Wildman–Crippen MR) is 284 cm³/mol. The van der Waals surface area contributed by atoms with Gasteiger partial charge in [-0.1, -0.05) is 170 Å². The number of anilines is 8. The zero-order valence-corrected chi connectivity index (χ0v) is 38.7. The first-order valence-electron chi connectivity index (χ1n) is 22.7. The van der Waals surface area contributed by atoms with Crippen molar-refractivity contribution in [2.75, 3.05) is 18.7 Å². The molecule has 0 saturated heterocycles. The van der Waals surface area contributed by atoms with Crippen molar-refractivity contribution >= 4 is 71.0 Å². The van der Waals surface area contributed by atoms with E-state index in [9.17, 15) is 0 Å². The van der Waals surface area contributed by atoms with E-state index in [0.29, 0.717) is 10.6 Å². The minimum absolute atomic E-state index is 0.697. The average molecular weight is 915 g/mol. The molecule has 2 aliphatic heterocycles. The predicted octanol–water partition coefficient (Wildman–Crippen LogP) is 16.3. The third kappa shape index (κ3) is 6.80. The molecule has 0 aromatic heterocycles. The topological polar surface area (TPSA) is 47.1 Å². The molecule has 0 radical (unpaired) electrons. The Morgan fingerprint density at radius 1 is 0.221 bits per heavy atom. The van der Waals surface area contributed by atoms with Crippen LogP contribution in [-0.2, 0) is 9.13 Å². The third-order valence-corrected chi connectivity index (χ3v) is 18.8. The van der Waals surface area contributed by atoms with Crippen LogP contribution >= 0.6 is 14.9 Å². The summed E-state index contributed by atoms with van der Waals surface area (Å²) in [6.45, 7) is 0. The standard InChI is InChI=1S/C60H44N4O2P2/c65-67(61(51-25-9-3-10-26-51)57-31-13-15-33-59(57)63(67)53-29-17-23-49(43-53)45-19-5-1-6-20-45)55-39-35-47(36-40-55)48-37-41-56(42-38-48)68(66)62(52-27-11-4-12-28-52)58-32-14-16-34-60(58)64(68)54-30-18-24-50(44-54)46-21-7-2-8-22-46/h1-44H. The second kappa shape index (κ2) is 16.9. The molecule has 0 spiro atoms. The van der Waals surface area contributed by atoms with Crippen LogP contribution in [0.3, 0.4) is 0 Å². The number of nitrogens with zero attached hydrogens (tertiary/aromatic N) is 4. The van der Waals surface area contributed by atoms with E-state index in [1.807, 2.05) is 176 Å². The zero-order chi connectivity index (χ0) is 45.7. The number of fused-ring (bicyclic) bond motifs is 2. The van der Waals surface area contributed by atoms with E-state index in [1.165, 1.54) is 0 Å². The molecule has 2 unspecified atom stereocenters. The fourth-order valence-corrected chi connectivity index (χ4v) is 15.8. The minimum Gasteiger partial charge on any atom is -0.270 e. The molecule has 8 heteroatoms. The highest BCUT2D eigenvalue weighted by molar-refractivity contribution is 7.76. The second-order valence-electron chi connectivity index (χ2n) is 16.9. The molecule has 0 aliphatic carbocycles. The molecule has 2 atom stereocenters. The highest BCUT2D eigenvalue weighted by atomic mass is 31.2. The molecule has 0 bridgehead atoms. The summed E-state index contributed by atoms with van der Waals surface area (Å²) in [6.07, 6.45) is 0. The summed E-state index contributed by atoms with van der Waals surface area (Å²) in [5.41, 5.74) is 13.1. The highest BCUT2D eigenvalue weighted by Crippen LogP contribution is 2.71. The van der Waals surface area contributed by atoms with Crippen LogP contribution in [0.4, 0.5) is 45.5 Å². The lowest BCUT2D eigenvalue weighted by Gasteiger charge is -2.33. The first-order chi connectivity index (χ1) is 33.5. The Bertz CT molecular complexity index is 3300. The first-order valence-corrected chi connectivity index (χ1v) is 26.0. The highest BCUT2D eigenvalue weighted by Gasteiger charge is 2.50. The van der Waals surface area contributed by atoms with E-state index in [4.69, 9.17) is 0 Å². The normalized spacial score (nSPS) is 17.2. The minimum atomic E-state index is -3.63. The van der Waals surface area contributed by atoms with Crippen molar-refractivity contribution in [2.24, 2.45) is 0 Å². The van der Waals surface area contributed by atoms with Gasteiger partial charge in [0.25, 0.3) is 0 Å². The maximum absolute atomic E-state index is 16.6. The van der Waals surface area contributed by atoms with Crippen molar-refractivity contribution in [3.63, 3.8) is 0 Å². The van der Waals surface area contributed by atoms with Gasteiger partial charge in [-0.3, -0.25) is 27.8 Å². The van der Waals surface area contributed by atoms with Crippen molar-refractivity contribution in [3.05, 3.63) is 267 Å². The molecule has 0 amide bonds. The van der Waals surface area contributed by atoms with Gasteiger partial charge in [0, 0.05) is 11.4 Å². The van der Waals surface area contributed by atoms with Crippen molar-refractivity contribution in [3.8, 4) is 33.4 Å². The van der Waals surface area contributed by atoms with Crippen LogP contribution in [0.5, 0.6) is 0 Å². The van der Waals surface area contributed by atoms with Gasteiger partial charge in [0.2, 0.25) is 0 Å². The van der Waals surface area contributed by atoms with Gasteiger partial charge in [0.1, 0.15) is 0 Å². The molecular formula is C60H44N4O2P2. The number of benzene rings is 10. The average Bonchev–Trinajstić information content (AvgIpc) is 3.85. The van der Waals surface area contributed by atoms with Crippen LogP contribution in [0.15, 0.2) is 267 Å². The van der Waals surface area contributed by atoms with Gasteiger partial charge in [-0.15, -0.1) is 0 Å². The van der Waals surface area contributed by atoms with Gasteiger partial charge in [0.05, 0.1) is 44.7 Å². The summed E-state index contributed by atoms with van der Waals surface area (Å²) in [5, 5.41) is 1.39. The van der Waals surface area contributed by atoms with Gasteiger partial charge >= 0.3 is 14.9 Å². The van der Waals surface area contributed by atoms with E-state index in [-0.39, 0.29) is 0 Å². The third-order valence-electron chi connectivity index (χ3n) is 12.9. The Kier molecular flexibility index (Phi) is 10.3. The molecule has 10 aromatic carbocycles. The van der Waals surface area contributed by atoms with Crippen LogP contribution in [0.25, 0.3) is 33.4 Å². The Morgan fingerprint density at radius 2 is 0.471 bits per heavy atom. The number of hydrogen-bond donors (Lipinski definition) is 0. The van der Waals surface area contributed by atoms with E-state index in [2.05, 4.69) is 109 Å². The Morgan fingerprint density at radius 3 is 0.809 bits per heavy atom. The fourth-order valence-electron chi connectivity index (χ4n) is 9.78. The van der Waals surface area contributed by atoms with Crippen LogP contribution in [0, 0.1) is 0 Å². The zero-order valence-electron chi connectivity index (χ0n) is 36.9. The quantitative estimate of drug-likeness (QED) is 0.134. The molecule has 2 aliphatic rings. The number of rotatable bonds is 9. The molecule has 68 heavy (non-hydrogen) atoms. The number of para-hydroxylation sites is 6. The molecule has 0 N–H and O–H groups in total.